The number of nitrogens with zero attached hydrogens (tertiary/aromatic N) is 4. The van der Waals surface area contributed by atoms with Crippen LogP contribution in [-0.4, -0.2) is 58.2 Å². The van der Waals surface area contributed by atoms with Crippen LogP contribution in [0, 0.1) is 5.82 Å². The summed E-state index contributed by atoms with van der Waals surface area (Å²) in [7, 11) is 0. The van der Waals surface area contributed by atoms with Crippen molar-refractivity contribution in [3.63, 3.8) is 0 Å². The summed E-state index contributed by atoms with van der Waals surface area (Å²) in [6.07, 6.45) is 1.58. The molecule has 7 nitrogen and oxygen atoms in total. The summed E-state index contributed by atoms with van der Waals surface area (Å²) in [5, 5.41) is 7.80. The zero-order valence-corrected chi connectivity index (χ0v) is 18.4. The third-order valence-electron chi connectivity index (χ3n) is 6.47. The number of amides is 3. The van der Waals surface area contributed by atoms with Gasteiger partial charge in [0.1, 0.15) is 18.0 Å². The fourth-order valence-corrected chi connectivity index (χ4v) is 4.67. The summed E-state index contributed by atoms with van der Waals surface area (Å²) < 4.78 is 42.5. The minimum absolute atomic E-state index is 0.132. The molecule has 2 heterocycles. The molecule has 178 valence electrons. The second kappa shape index (κ2) is 8.66. The Kier molecular flexibility index (Phi) is 5.66. The van der Waals surface area contributed by atoms with E-state index in [1.807, 2.05) is 0 Å². The fourth-order valence-electron chi connectivity index (χ4n) is 4.67. The molecule has 1 saturated heterocycles. The van der Waals surface area contributed by atoms with Gasteiger partial charge in [-0.15, -0.1) is 0 Å². The quantitative estimate of drug-likeness (QED) is 0.609. The van der Waals surface area contributed by atoms with Gasteiger partial charge in [-0.3, -0.25) is 9.69 Å². The largest absolute Gasteiger partial charge is 0.352 e. The van der Waals surface area contributed by atoms with E-state index in [4.69, 9.17) is 0 Å². The fraction of sp³-hybridized carbons (Fsp3) is 0.375. The number of carbonyl (C=O) groups excluding carboxylic acids is 2. The van der Waals surface area contributed by atoms with E-state index in [2.05, 4.69) is 10.4 Å². The van der Waals surface area contributed by atoms with Crippen molar-refractivity contribution in [2.75, 3.05) is 24.5 Å². The molecule has 0 radical (unpaired) electrons. The number of aromatic nitrogens is 2. The molecule has 2 aromatic carbocycles. The lowest BCUT2D eigenvalue weighted by atomic mass is 9.92. The summed E-state index contributed by atoms with van der Waals surface area (Å²) in [5.74, 6) is -3.42. The van der Waals surface area contributed by atoms with E-state index in [0.29, 0.717) is 35.4 Å². The van der Waals surface area contributed by atoms with Crippen LogP contribution in [0.2, 0.25) is 0 Å². The van der Waals surface area contributed by atoms with Crippen molar-refractivity contribution in [1.82, 2.24) is 20.0 Å². The van der Waals surface area contributed by atoms with Crippen molar-refractivity contribution in [2.24, 2.45) is 0 Å². The van der Waals surface area contributed by atoms with Crippen molar-refractivity contribution < 1.29 is 22.8 Å². The number of carbonyl (C=O) groups is 2. The number of anilines is 1. The van der Waals surface area contributed by atoms with Crippen LogP contribution in [0.4, 0.5) is 23.7 Å². The van der Waals surface area contributed by atoms with Crippen molar-refractivity contribution in [3.8, 4) is 5.69 Å². The van der Waals surface area contributed by atoms with Gasteiger partial charge in [0.15, 0.2) is 0 Å². The zero-order chi connectivity index (χ0) is 23.9. The van der Waals surface area contributed by atoms with Crippen molar-refractivity contribution in [2.45, 2.75) is 37.6 Å². The standard InChI is InChI=1S/C24H24F3N5O2/c25-18-4-1-2-5-21(18)32-20-7-3-6-19(17(20)14-28-32)31-13-12-30(23(31)34)15-22(33)29-16-8-10-24(26,27)11-9-16/h1-7,14,16H,8-13,15H2,(H,29,33). The molecule has 0 unspecified atom stereocenters. The van der Waals surface area contributed by atoms with Gasteiger partial charge >= 0.3 is 6.03 Å². The van der Waals surface area contributed by atoms with Crippen LogP contribution in [0.15, 0.2) is 48.7 Å². The lowest BCUT2D eigenvalue weighted by molar-refractivity contribution is -0.123. The Labute approximate surface area is 194 Å². The highest BCUT2D eigenvalue weighted by molar-refractivity contribution is 6.04. The third-order valence-corrected chi connectivity index (χ3v) is 6.47. The van der Waals surface area contributed by atoms with Crippen molar-refractivity contribution in [1.29, 1.82) is 0 Å². The summed E-state index contributed by atoms with van der Waals surface area (Å²) >= 11 is 0. The molecule has 5 rings (SSSR count). The highest BCUT2D eigenvalue weighted by atomic mass is 19.3. The Bertz CT molecular complexity index is 1230. The molecule has 3 amide bonds. The van der Waals surface area contributed by atoms with Gasteiger partial charge in [0.05, 0.1) is 17.4 Å². The first-order chi connectivity index (χ1) is 16.3. The maximum absolute atomic E-state index is 14.3. The average Bonchev–Trinajstić information content (AvgIpc) is 3.39. The first-order valence-corrected chi connectivity index (χ1v) is 11.3. The van der Waals surface area contributed by atoms with Gasteiger partial charge in [-0.25, -0.2) is 22.6 Å². The molecular weight excluding hydrogens is 447 g/mol. The predicted molar refractivity (Wildman–Crippen MR) is 121 cm³/mol. The number of urea groups is 1. The van der Waals surface area contributed by atoms with Crippen molar-refractivity contribution in [3.05, 3.63) is 54.5 Å². The van der Waals surface area contributed by atoms with E-state index in [0.717, 1.165) is 0 Å². The molecule has 0 bridgehead atoms. The Balaban J connectivity index is 1.29. The maximum atomic E-state index is 14.3. The molecule has 1 aliphatic heterocycles. The molecule has 10 heteroatoms. The maximum Gasteiger partial charge on any atom is 0.325 e. The molecule has 2 fully saturated rings. The van der Waals surface area contributed by atoms with Crippen LogP contribution >= 0.6 is 0 Å². The number of para-hydroxylation sites is 1. The Morgan fingerprint density at radius 2 is 1.79 bits per heavy atom. The molecule has 1 aliphatic carbocycles. The van der Waals surface area contributed by atoms with Crippen LogP contribution < -0.4 is 10.2 Å². The molecule has 3 aromatic rings. The zero-order valence-electron chi connectivity index (χ0n) is 18.4. The van der Waals surface area contributed by atoms with E-state index in [1.165, 1.54) is 15.6 Å². The van der Waals surface area contributed by atoms with Gasteiger partial charge in [0.2, 0.25) is 11.8 Å². The van der Waals surface area contributed by atoms with Crippen LogP contribution in [0.3, 0.4) is 0 Å². The smallest absolute Gasteiger partial charge is 0.325 e. The molecule has 1 saturated carbocycles. The van der Waals surface area contributed by atoms with E-state index in [-0.39, 0.29) is 50.2 Å². The van der Waals surface area contributed by atoms with E-state index < -0.39 is 11.7 Å². The highest BCUT2D eigenvalue weighted by Crippen LogP contribution is 2.33. The number of nitrogens with one attached hydrogen (secondary N) is 1. The summed E-state index contributed by atoms with van der Waals surface area (Å²) in [4.78, 5) is 28.6. The van der Waals surface area contributed by atoms with E-state index in [1.54, 1.807) is 47.5 Å². The lowest BCUT2D eigenvalue weighted by Crippen LogP contribution is -2.45. The van der Waals surface area contributed by atoms with Gasteiger partial charge in [0, 0.05) is 37.4 Å². The number of hydrogen-bond acceptors (Lipinski definition) is 3. The van der Waals surface area contributed by atoms with Crippen LogP contribution in [0.25, 0.3) is 16.6 Å². The Morgan fingerprint density at radius 1 is 1.06 bits per heavy atom. The number of fused-ring (bicyclic) bond motifs is 1. The Hall–Kier alpha value is -3.56. The number of halogens is 3. The summed E-state index contributed by atoms with van der Waals surface area (Å²) in [6.45, 7) is 0.602. The second-order valence-corrected chi connectivity index (χ2v) is 8.77. The van der Waals surface area contributed by atoms with Gasteiger partial charge in [-0.2, -0.15) is 5.10 Å². The topological polar surface area (TPSA) is 70.5 Å². The third kappa shape index (κ3) is 4.20. The summed E-state index contributed by atoms with van der Waals surface area (Å²) in [5.41, 5.74) is 1.59. The SMILES string of the molecule is O=C(CN1CCN(c2cccc3c2cnn3-c2ccccc2F)C1=O)NC1CCC(F)(F)CC1. The van der Waals surface area contributed by atoms with E-state index >= 15 is 0 Å². The predicted octanol–water partition coefficient (Wildman–Crippen LogP) is 4.10. The van der Waals surface area contributed by atoms with Gasteiger partial charge in [0.25, 0.3) is 0 Å². The van der Waals surface area contributed by atoms with Crippen molar-refractivity contribution >= 4 is 28.5 Å². The minimum atomic E-state index is -2.66. The average molecular weight is 471 g/mol. The van der Waals surface area contributed by atoms with Crippen LogP contribution in [0.5, 0.6) is 0 Å². The van der Waals surface area contributed by atoms with Gasteiger partial charge < -0.3 is 10.2 Å². The molecule has 0 spiro atoms. The number of hydrogen-bond donors (Lipinski definition) is 1. The molecule has 34 heavy (non-hydrogen) atoms. The highest BCUT2D eigenvalue weighted by Gasteiger charge is 2.36. The number of alkyl halides is 2. The van der Waals surface area contributed by atoms with Crippen LogP contribution in [0.1, 0.15) is 25.7 Å². The lowest BCUT2D eigenvalue weighted by Gasteiger charge is -2.29. The summed E-state index contributed by atoms with van der Waals surface area (Å²) in [6, 6.07) is 11.1. The normalized spacial score (nSPS) is 18.6. The first kappa shape index (κ1) is 22.2. The van der Waals surface area contributed by atoms with Gasteiger partial charge in [-0.05, 0) is 37.1 Å². The second-order valence-electron chi connectivity index (χ2n) is 8.77. The first-order valence-electron chi connectivity index (χ1n) is 11.3. The minimum Gasteiger partial charge on any atom is -0.352 e. The number of rotatable bonds is 5. The van der Waals surface area contributed by atoms with Crippen LogP contribution in [-0.2, 0) is 4.79 Å². The van der Waals surface area contributed by atoms with E-state index in [9.17, 15) is 22.8 Å². The Morgan fingerprint density at radius 3 is 2.56 bits per heavy atom. The molecule has 1 aromatic heterocycles. The molecular formula is C24H24F3N5O2. The number of benzene rings is 2. The molecule has 2 aliphatic rings. The monoisotopic (exact) mass is 471 g/mol. The van der Waals surface area contributed by atoms with Gasteiger partial charge in [-0.1, -0.05) is 18.2 Å². The molecule has 0 atom stereocenters. The molecule has 1 N–H and O–H groups in total.